The predicted octanol–water partition coefficient (Wildman–Crippen LogP) is 3.13. The van der Waals surface area contributed by atoms with Gasteiger partial charge in [-0.3, -0.25) is 4.79 Å². The SMILES string of the molecule is CCOC1CC(NC(=O)CC(C)(C)c2ccccc2)(C(=O)O)C1(C)C. The monoisotopic (exact) mass is 347 g/mol. The average Bonchev–Trinajstić information content (AvgIpc) is 2.53. The van der Waals surface area contributed by atoms with Gasteiger partial charge in [0.05, 0.1) is 6.10 Å². The lowest BCUT2D eigenvalue weighted by Gasteiger charge is -2.58. The highest BCUT2D eigenvalue weighted by molar-refractivity contribution is 5.89. The smallest absolute Gasteiger partial charge is 0.330 e. The van der Waals surface area contributed by atoms with Crippen LogP contribution in [0.3, 0.4) is 0 Å². The Hall–Kier alpha value is -1.88. The third-order valence-electron chi connectivity index (χ3n) is 5.64. The second-order valence-corrected chi connectivity index (χ2v) is 8.06. The molecule has 1 aromatic carbocycles. The van der Waals surface area contributed by atoms with E-state index in [0.717, 1.165) is 5.56 Å². The maximum absolute atomic E-state index is 12.7. The summed E-state index contributed by atoms with van der Waals surface area (Å²) in [6.07, 6.45) is 0.346. The highest BCUT2D eigenvalue weighted by Gasteiger charge is 2.66. The lowest BCUT2D eigenvalue weighted by atomic mass is 9.54. The molecule has 2 unspecified atom stereocenters. The zero-order valence-corrected chi connectivity index (χ0v) is 15.8. The summed E-state index contributed by atoms with van der Waals surface area (Å²) in [5.41, 5.74) is -1.27. The predicted molar refractivity (Wildman–Crippen MR) is 96.4 cm³/mol. The van der Waals surface area contributed by atoms with E-state index >= 15 is 0 Å². The van der Waals surface area contributed by atoms with E-state index in [1.165, 1.54) is 0 Å². The number of carboxylic acids is 1. The van der Waals surface area contributed by atoms with Gasteiger partial charge in [0.1, 0.15) is 5.54 Å². The van der Waals surface area contributed by atoms with Crippen molar-refractivity contribution in [2.45, 2.75) is 64.5 Å². The molecule has 0 radical (unpaired) electrons. The number of benzene rings is 1. The van der Waals surface area contributed by atoms with Gasteiger partial charge in [-0.2, -0.15) is 0 Å². The number of nitrogens with one attached hydrogen (secondary N) is 1. The van der Waals surface area contributed by atoms with E-state index < -0.39 is 16.9 Å². The summed E-state index contributed by atoms with van der Waals surface area (Å²) < 4.78 is 5.64. The average molecular weight is 347 g/mol. The molecule has 0 saturated heterocycles. The number of amides is 1. The minimum Gasteiger partial charge on any atom is -0.479 e. The number of aliphatic carboxylic acids is 1. The number of carbonyl (C=O) groups excluding carboxylic acids is 1. The van der Waals surface area contributed by atoms with Crippen LogP contribution in [0.4, 0.5) is 0 Å². The van der Waals surface area contributed by atoms with Crippen molar-refractivity contribution in [3.63, 3.8) is 0 Å². The number of rotatable bonds is 7. The molecular weight excluding hydrogens is 318 g/mol. The first-order chi connectivity index (χ1) is 11.6. The van der Waals surface area contributed by atoms with Gasteiger partial charge < -0.3 is 15.2 Å². The molecule has 0 heterocycles. The Morgan fingerprint density at radius 1 is 1.28 bits per heavy atom. The van der Waals surface area contributed by atoms with E-state index in [9.17, 15) is 14.7 Å². The molecule has 1 saturated carbocycles. The van der Waals surface area contributed by atoms with Crippen molar-refractivity contribution in [2.24, 2.45) is 5.41 Å². The zero-order valence-electron chi connectivity index (χ0n) is 15.8. The highest BCUT2D eigenvalue weighted by atomic mass is 16.5. The van der Waals surface area contributed by atoms with Crippen molar-refractivity contribution in [3.05, 3.63) is 35.9 Å². The number of hydrogen-bond acceptors (Lipinski definition) is 3. The molecule has 0 spiro atoms. The first kappa shape index (κ1) is 19.4. The molecule has 0 aliphatic heterocycles. The minimum absolute atomic E-state index is 0.170. The molecule has 2 N–H and O–H groups in total. The lowest BCUT2D eigenvalue weighted by Crippen LogP contribution is -2.76. The van der Waals surface area contributed by atoms with Gasteiger partial charge in [0.15, 0.2) is 0 Å². The van der Waals surface area contributed by atoms with Gasteiger partial charge in [0.2, 0.25) is 5.91 Å². The Labute approximate surface area is 149 Å². The molecule has 138 valence electrons. The normalized spacial score (nSPS) is 25.1. The second kappa shape index (κ2) is 6.79. The first-order valence-electron chi connectivity index (χ1n) is 8.78. The molecular formula is C20H29NO4. The first-order valence-corrected chi connectivity index (χ1v) is 8.78. The maximum Gasteiger partial charge on any atom is 0.330 e. The van der Waals surface area contributed by atoms with Crippen LogP contribution in [0.15, 0.2) is 30.3 Å². The molecule has 5 heteroatoms. The van der Waals surface area contributed by atoms with Crippen molar-refractivity contribution in [1.82, 2.24) is 5.32 Å². The van der Waals surface area contributed by atoms with Gasteiger partial charge in [-0.15, -0.1) is 0 Å². The van der Waals surface area contributed by atoms with Crippen molar-refractivity contribution < 1.29 is 19.4 Å². The molecule has 1 aliphatic rings. The topological polar surface area (TPSA) is 75.6 Å². The largest absolute Gasteiger partial charge is 0.479 e. The molecule has 1 aliphatic carbocycles. The van der Waals surface area contributed by atoms with E-state index in [0.29, 0.717) is 13.0 Å². The summed E-state index contributed by atoms with van der Waals surface area (Å²) in [6.45, 7) is 10.1. The highest BCUT2D eigenvalue weighted by Crippen LogP contribution is 2.51. The molecule has 5 nitrogen and oxygen atoms in total. The number of hydrogen-bond donors (Lipinski definition) is 2. The Morgan fingerprint density at radius 3 is 2.36 bits per heavy atom. The van der Waals surface area contributed by atoms with E-state index in [1.807, 2.05) is 65.0 Å². The Kier molecular flexibility index (Phi) is 5.28. The van der Waals surface area contributed by atoms with Crippen molar-refractivity contribution in [1.29, 1.82) is 0 Å². The van der Waals surface area contributed by atoms with Gasteiger partial charge >= 0.3 is 5.97 Å². The molecule has 1 amide bonds. The quantitative estimate of drug-likeness (QED) is 0.794. The third-order valence-corrected chi connectivity index (χ3v) is 5.64. The number of carbonyl (C=O) groups is 2. The summed E-state index contributed by atoms with van der Waals surface area (Å²) in [5, 5.41) is 12.6. The number of carboxylic acid groups (broad SMARTS) is 1. The van der Waals surface area contributed by atoms with Crippen LogP contribution in [0.1, 0.15) is 53.0 Å². The minimum atomic E-state index is -1.28. The Morgan fingerprint density at radius 2 is 1.88 bits per heavy atom. The summed E-state index contributed by atoms with van der Waals surface area (Å²) in [6, 6.07) is 9.78. The Balaban J connectivity index is 2.14. The van der Waals surface area contributed by atoms with Crippen LogP contribution in [0.2, 0.25) is 0 Å². The molecule has 2 rings (SSSR count). The van der Waals surface area contributed by atoms with E-state index in [2.05, 4.69) is 5.32 Å². The Bertz CT molecular complexity index is 638. The fraction of sp³-hybridized carbons (Fsp3) is 0.600. The van der Waals surface area contributed by atoms with Crippen LogP contribution in [0.5, 0.6) is 0 Å². The lowest BCUT2D eigenvalue weighted by molar-refractivity contribution is -0.194. The van der Waals surface area contributed by atoms with Crippen molar-refractivity contribution in [2.75, 3.05) is 6.61 Å². The fourth-order valence-electron chi connectivity index (χ4n) is 3.71. The maximum atomic E-state index is 12.7. The summed E-state index contributed by atoms with van der Waals surface area (Å²) in [5.74, 6) is -1.25. The van der Waals surface area contributed by atoms with Gasteiger partial charge in [0.25, 0.3) is 0 Å². The van der Waals surface area contributed by atoms with Crippen LogP contribution in [-0.2, 0) is 19.7 Å². The van der Waals surface area contributed by atoms with E-state index in [4.69, 9.17) is 4.74 Å². The van der Waals surface area contributed by atoms with E-state index in [1.54, 1.807) is 0 Å². The number of ether oxygens (including phenoxy) is 1. The third kappa shape index (κ3) is 3.43. The molecule has 1 aromatic rings. The van der Waals surface area contributed by atoms with Gasteiger partial charge in [-0.05, 0) is 17.9 Å². The van der Waals surface area contributed by atoms with Gasteiger partial charge in [-0.25, -0.2) is 4.79 Å². The fourth-order valence-corrected chi connectivity index (χ4v) is 3.71. The second-order valence-electron chi connectivity index (χ2n) is 8.06. The van der Waals surface area contributed by atoms with Gasteiger partial charge in [0, 0.05) is 24.9 Å². The zero-order chi connectivity index (χ0) is 18.9. The van der Waals surface area contributed by atoms with Crippen LogP contribution in [0.25, 0.3) is 0 Å². The molecule has 2 atom stereocenters. The summed E-state index contributed by atoms with van der Waals surface area (Å²) in [4.78, 5) is 24.7. The van der Waals surface area contributed by atoms with Gasteiger partial charge in [-0.1, -0.05) is 58.0 Å². The molecule has 0 bridgehead atoms. The van der Waals surface area contributed by atoms with Crippen LogP contribution in [-0.4, -0.2) is 35.2 Å². The van der Waals surface area contributed by atoms with Crippen LogP contribution < -0.4 is 5.32 Å². The van der Waals surface area contributed by atoms with Crippen LogP contribution >= 0.6 is 0 Å². The van der Waals surface area contributed by atoms with Crippen molar-refractivity contribution >= 4 is 11.9 Å². The molecule has 1 fully saturated rings. The van der Waals surface area contributed by atoms with Crippen LogP contribution in [0, 0.1) is 5.41 Å². The summed E-state index contributed by atoms with van der Waals surface area (Å²) in [7, 11) is 0. The standard InChI is InChI=1S/C20H29NO4/c1-6-25-15-12-20(17(23)24,19(15,4)5)21-16(22)13-18(2,3)14-10-8-7-9-11-14/h7-11,15H,6,12-13H2,1-5H3,(H,21,22)(H,23,24). The van der Waals surface area contributed by atoms with E-state index in [-0.39, 0.29) is 23.8 Å². The van der Waals surface area contributed by atoms with Crippen molar-refractivity contribution in [3.8, 4) is 0 Å². The summed E-state index contributed by atoms with van der Waals surface area (Å²) >= 11 is 0. The molecule has 0 aromatic heterocycles. The molecule has 25 heavy (non-hydrogen) atoms.